The summed E-state index contributed by atoms with van der Waals surface area (Å²) in [5.74, 6) is 0.0959. The highest BCUT2D eigenvalue weighted by atomic mass is 19.1. The van der Waals surface area contributed by atoms with Gasteiger partial charge in [-0.15, -0.1) is 0 Å². The molecule has 3 heterocycles. The first kappa shape index (κ1) is 25.7. The minimum atomic E-state index is -0.362. The Bertz CT molecular complexity index is 2030. The number of ether oxygens (including phenoxy) is 1. The molecule has 42 heavy (non-hydrogen) atoms. The Morgan fingerprint density at radius 1 is 0.738 bits per heavy atom. The number of halogens is 1. The highest BCUT2D eigenvalue weighted by molar-refractivity contribution is 6.01. The van der Waals surface area contributed by atoms with Crippen molar-refractivity contribution < 1.29 is 9.13 Å². The second-order valence-electron chi connectivity index (χ2n) is 10.3. The smallest absolute Gasteiger partial charge is 0.127 e. The Morgan fingerprint density at radius 3 is 2.45 bits per heavy atom. The molecule has 0 amide bonds. The van der Waals surface area contributed by atoms with Crippen molar-refractivity contribution >= 4 is 21.8 Å². The Hall–Kier alpha value is -5.27. The summed E-state index contributed by atoms with van der Waals surface area (Å²) in [7, 11) is 1.53. The summed E-state index contributed by atoms with van der Waals surface area (Å²) in [6, 6.07) is 32.1. The number of H-pyrrole nitrogens is 2. The van der Waals surface area contributed by atoms with Crippen molar-refractivity contribution in [1.29, 1.82) is 0 Å². The predicted octanol–water partition coefficient (Wildman–Crippen LogP) is 7.88. The van der Waals surface area contributed by atoms with E-state index in [9.17, 15) is 4.39 Å². The van der Waals surface area contributed by atoms with Gasteiger partial charge in [0.15, 0.2) is 0 Å². The van der Waals surface area contributed by atoms with Crippen LogP contribution in [0, 0.1) is 5.82 Å². The van der Waals surface area contributed by atoms with Gasteiger partial charge in [0.1, 0.15) is 17.3 Å². The molecule has 0 aliphatic carbocycles. The molecule has 3 N–H and O–H groups in total. The maximum atomic E-state index is 14.3. The van der Waals surface area contributed by atoms with Crippen LogP contribution in [-0.4, -0.2) is 27.3 Å². The third kappa shape index (κ3) is 5.02. The van der Waals surface area contributed by atoms with Crippen LogP contribution in [-0.2, 0) is 13.1 Å². The first-order valence-corrected chi connectivity index (χ1v) is 13.8. The molecule has 206 valence electrons. The standard InChI is InChI=1S/C35H28FN5O/c1-42-28-14-26(13-27(36)16-28)31-20-38-21-34-29(31)17-33(39-34)35-30-15-25(10-11-32(30)40-41-35)24-9-5-8-23(12-24)19-37-18-22-6-3-2-4-7-22/h2-17,20-21,37,39H,18-19H2,1H3,(H,40,41). The summed E-state index contributed by atoms with van der Waals surface area (Å²) in [5.41, 5.74) is 9.70. The highest BCUT2D eigenvalue weighted by Crippen LogP contribution is 2.36. The van der Waals surface area contributed by atoms with Gasteiger partial charge in [-0.1, -0.05) is 54.6 Å². The van der Waals surface area contributed by atoms with E-state index in [-0.39, 0.29) is 5.82 Å². The van der Waals surface area contributed by atoms with E-state index in [0.29, 0.717) is 11.3 Å². The van der Waals surface area contributed by atoms with Crippen molar-refractivity contribution in [3.8, 4) is 39.4 Å². The third-order valence-corrected chi connectivity index (χ3v) is 7.54. The van der Waals surface area contributed by atoms with Crippen LogP contribution in [0.5, 0.6) is 5.75 Å². The zero-order valence-electron chi connectivity index (χ0n) is 23.0. The number of nitrogens with zero attached hydrogens (tertiary/aromatic N) is 2. The summed E-state index contributed by atoms with van der Waals surface area (Å²) in [6.45, 7) is 1.61. The lowest BCUT2D eigenvalue weighted by Crippen LogP contribution is -2.12. The predicted molar refractivity (Wildman–Crippen MR) is 166 cm³/mol. The molecule has 3 aromatic heterocycles. The molecule has 0 fully saturated rings. The summed E-state index contributed by atoms with van der Waals surface area (Å²) in [6.07, 6.45) is 3.52. The number of benzene rings is 4. The molecule has 0 atom stereocenters. The molecular weight excluding hydrogens is 525 g/mol. The van der Waals surface area contributed by atoms with E-state index in [0.717, 1.165) is 63.0 Å². The van der Waals surface area contributed by atoms with E-state index in [1.54, 1.807) is 12.4 Å². The van der Waals surface area contributed by atoms with Crippen molar-refractivity contribution in [3.05, 3.63) is 126 Å². The Labute approximate surface area is 242 Å². The molecule has 7 rings (SSSR count). The van der Waals surface area contributed by atoms with Gasteiger partial charge < -0.3 is 15.0 Å². The van der Waals surface area contributed by atoms with Gasteiger partial charge >= 0.3 is 0 Å². The fraction of sp³-hybridized carbons (Fsp3) is 0.0857. The lowest BCUT2D eigenvalue weighted by atomic mass is 10.0. The second-order valence-corrected chi connectivity index (χ2v) is 10.3. The number of nitrogens with one attached hydrogen (secondary N) is 3. The van der Waals surface area contributed by atoms with Gasteiger partial charge in [0.2, 0.25) is 0 Å². The lowest BCUT2D eigenvalue weighted by Gasteiger charge is -2.08. The van der Waals surface area contributed by atoms with Crippen LogP contribution in [0.3, 0.4) is 0 Å². The number of aromatic amines is 2. The zero-order chi connectivity index (χ0) is 28.5. The summed E-state index contributed by atoms with van der Waals surface area (Å²) in [5, 5.41) is 13.3. The molecule has 0 unspecified atom stereocenters. The van der Waals surface area contributed by atoms with Gasteiger partial charge in [-0.3, -0.25) is 10.1 Å². The van der Waals surface area contributed by atoms with Gasteiger partial charge in [0.05, 0.1) is 30.0 Å². The number of aromatic nitrogens is 4. The number of fused-ring (bicyclic) bond motifs is 2. The molecule has 4 aromatic carbocycles. The number of methoxy groups -OCH3 is 1. The summed E-state index contributed by atoms with van der Waals surface area (Å²) < 4.78 is 19.6. The van der Waals surface area contributed by atoms with Crippen LogP contribution in [0.2, 0.25) is 0 Å². The maximum Gasteiger partial charge on any atom is 0.127 e. The molecule has 0 saturated carbocycles. The number of hydrogen-bond acceptors (Lipinski definition) is 4. The molecule has 0 spiro atoms. The van der Waals surface area contributed by atoms with Crippen LogP contribution in [0.25, 0.3) is 55.4 Å². The minimum Gasteiger partial charge on any atom is -0.497 e. The van der Waals surface area contributed by atoms with Crippen LogP contribution in [0.1, 0.15) is 11.1 Å². The van der Waals surface area contributed by atoms with Crippen molar-refractivity contribution in [3.63, 3.8) is 0 Å². The molecule has 0 aliphatic heterocycles. The van der Waals surface area contributed by atoms with Crippen LogP contribution in [0.15, 0.2) is 109 Å². The average Bonchev–Trinajstić information content (AvgIpc) is 3.65. The van der Waals surface area contributed by atoms with Crippen LogP contribution < -0.4 is 10.1 Å². The van der Waals surface area contributed by atoms with Gasteiger partial charge in [0.25, 0.3) is 0 Å². The quantitative estimate of drug-likeness (QED) is 0.179. The van der Waals surface area contributed by atoms with Crippen LogP contribution in [0.4, 0.5) is 4.39 Å². The maximum absolute atomic E-state index is 14.3. The molecule has 0 radical (unpaired) electrons. The van der Waals surface area contributed by atoms with Crippen molar-refractivity contribution in [1.82, 2.24) is 25.5 Å². The topological polar surface area (TPSA) is 78.6 Å². The molecule has 0 bridgehead atoms. The van der Waals surface area contributed by atoms with E-state index in [1.165, 1.54) is 30.4 Å². The van der Waals surface area contributed by atoms with E-state index in [2.05, 4.69) is 92.2 Å². The third-order valence-electron chi connectivity index (χ3n) is 7.54. The first-order chi connectivity index (χ1) is 20.6. The SMILES string of the molecule is COc1cc(F)cc(-c2cncc3[nH]c(-c4n[nH]c5ccc(-c6cccc(CNCc7ccccc7)c6)cc45)cc23)c1. The molecule has 0 aliphatic rings. The minimum absolute atomic E-state index is 0.362. The van der Waals surface area contributed by atoms with Gasteiger partial charge in [-0.25, -0.2) is 4.39 Å². The zero-order valence-corrected chi connectivity index (χ0v) is 23.0. The fourth-order valence-corrected chi connectivity index (χ4v) is 5.45. The van der Waals surface area contributed by atoms with Gasteiger partial charge in [-0.05, 0) is 64.2 Å². The van der Waals surface area contributed by atoms with Gasteiger partial charge in [0, 0.05) is 41.7 Å². The highest BCUT2D eigenvalue weighted by Gasteiger charge is 2.16. The number of pyridine rings is 1. The van der Waals surface area contributed by atoms with E-state index < -0.39 is 0 Å². The second kappa shape index (κ2) is 11.0. The van der Waals surface area contributed by atoms with Crippen molar-refractivity contribution in [2.24, 2.45) is 0 Å². The Kier molecular flexibility index (Phi) is 6.70. The summed E-state index contributed by atoms with van der Waals surface area (Å²) in [4.78, 5) is 7.87. The molecule has 7 heteroatoms. The normalized spacial score (nSPS) is 11.4. The fourth-order valence-electron chi connectivity index (χ4n) is 5.45. The van der Waals surface area contributed by atoms with Gasteiger partial charge in [-0.2, -0.15) is 5.10 Å². The molecule has 0 saturated heterocycles. The monoisotopic (exact) mass is 553 g/mol. The lowest BCUT2D eigenvalue weighted by molar-refractivity contribution is 0.411. The Balaban J connectivity index is 1.21. The molecule has 6 nitrogen and oxygen atoms in total. The number of hydrogen-bond donors (Lipinski definition) is 3. The van der Waals surface area contributed by atoms with Crippen molar-refractivity contribution in [2.45, 2.75) is 13.1 Å². The number of rotatable bonds is 8. The first-order valence-electron chi connectivity index (χ1n) is 13.8. The molecule has 7 aromatic rings. The van der Waals surface area contributed by atoms with E-state index >= 15 is 0 Å². The molecular formula is C35H28FN5O. The van der Waals surface area contributed by atoms with Crippen molar-refractivity contribution in [2.75, 3.05) is 7.11 Å². The Morgan fingerprint density at radius 2 is 1.57 bits per heavy atom. The average molecular weight is 554 g/mol. The largest absolute Gasteiger partial charge is 0.497 e. The van der Waals surface area contributed by atoms with E-state index in [1.807, 2.05) is 18.2 Å². The van der Waals surface area contributed by atoms with Crippen LogP contribution >= 0.6 is 0 Å². The summed E-state index contributed by atoms with van der Waals surface area (Å²) >= 11 is 0. The van der Waals surface area contributed by atoms with E-state index in [4.69, 9.17) is 4.74 Å².